The summed E-state index contributed by atoms with van der Waals surface area (Å²) in [6.07, 6.45) is -4.42. The Hall–Kier alpha value is -1.04. The summed E-state index contributed by atoms with van der Waals surface area (Å²) >= 11 is 9.00. The molecule has 1 aliphatic heterocycles. The van der Waals surface area contributed by atoms with E-state index in [2.05, 4.69) is 30.9 Å². The number of hydrogen-bond donors (Lipinski definition) is 4. The quantitative estimate of drug-likeness (QED) is 0.401. The van der Waals surface area contributed by atoms with E-state index in [0.29, 0.717) is 0 Å². The molecular weight excluding hydrogens is 369 g/mol. The Labute approximate surface area is 131 Å². The van der Waals surface area contributed by atoms with Crippen molar-refractivity contribution in [3.63, 3.8) is 0 Å². The first-order valence-electron chi connectivity index (χ1n) is 5.93. The molecule has 0 bridgehead atoms. The van der Waals surface area contributed by atoms with Gasteiger partial charge in [0.2, 0.25) is 5.28 Å². The average Bonchev–Trinajstić information content (AvgIpc) is 2.89. The normalized spacial score (nSPS) is 29.4. The van der Waals surface area contributed by atoms with Gasteiger partial charge in [0.05, 0.1) is 6.61 Å². The van der Waals surface area contributed by atoms with E-state index in [4.69, 9.17) is 27.2 Å². The molecule has 0 aromatic carbocycles. The Morgan fingerprint density at radius 3 is 2.62 bits per heavy atom. The molecule has 11 heteroatoms. The van der Waals surface area contributed by atoms with Crippen molar-refractivity contribution in [3.05, 3.63) is 10.0 Å². The fraction of sp³-hybridized carbons (Fsp3) is 0.500. The highest BCUT2D eigenvalue weighted by atomic mass is 79.9. The number of aromatic nitrogens is 4. The number of fused-ring (bicyclic) bond motifs is 1. The summed E-state index contributed by atoms with van der Waals surface area (Å²) in [5.41, 5.74) is 6.25. The van der Waals surface area contributed by atoms with Crippen molar-refractivity contribution >= 4 is 44.5 Å². The van der Waals surface area contributed by atoms with Gasteiger partial charge in [0.1, 0.15) is 18.3 Å². The summed E-state index contributed by atoms with van der Waals surface area (Å²) in [7, 11) is 0. The lowest BCUT2D eigenvalue weighted by Gasteiger charge is -2.17. The van der Waals surface area contributed by atoms with Crippen LogP contribution >= 0.6 is 27.5 Å². The lowest BCUT2D eigenvalue weighted by Crippen LogP contribution is -2.33. The number of nitrogen functional groups attached to an aromatic ring is 1. The number of hydrogen-bond acceptors (Lipinski definition) is 8. The van der Waals surface area contributed by atoms with Crippen LogP contribution in [0.4, 0.5) is 5.82 Å². The summed E-state index contributed by atoms with van der Waals surface area (Å²) in [6, 6.07) is 0. The molecule has 0 spiro atoms. The van der Waals surface area contributed by atoms with Gasteiger partial charge in [-0.3, -0.25) is 4.57 Å². The van der Waals surface area contributed by atoms with Crippen molar-refractivity contribution in [1.29, 1.82) is 0 Å². The summed E-state index contributed by atoms with van der Waals surface area (Å²) in [4.78, 5) is 12.0. The van der Waals surface area contributed by atoms with Crippen LogP contribution in [-0.4, -0.2) is 59.8 Å². The van der Waals surface area contributed by atoms with Crippen LogP contribution in [0.1, 0.15) is 6.23 Å². The fourth-order valence-electron chi connectivity index (χ4n) is 2.26. The van der Waals surface area contributed by atoms with Crippen LogP contribution in [0.3, 0.4) is 0 Å². The topological polar surface area (TPSA) is 140 Å². The van der Waals surface area contributed by atoms with Crippen LogP contribution in [0.25, 0.3) is 11.2 Å². The first kappa shape index (κ1) is 14.9. The van der Waals surface area contributed by atoms with E-state index in [1.807, 2.05) is 0 Å². The van der Waals surface area contributed by atoms with Crippen molar-refractivity contribution in [2.24, 2.45) is 0 Å². The molecule has 4 atom stereocenters. The van der Waals surface area contributed by atoms with E-state index in [0.717, 1.165) is 0 Å². The molecular formula is C10H11BrClN5O4. The van der Waals surface area contributed by atoms with Crippen LogP contribution in [0.15, 0.2) is 4.73 Å². The van der Waals surface area contributed by atoms with Gasteiger partial charge in [0.25, 0.3) is 0 Å². The van der Waals surface area contributed by atoms with E-state index >= 15 is 0 Å². The smallest absolute Gasteiger partial charge is 0.226 e. The maximum absolute atomic E-state index is 10.1. The van der Waals surface area contributed by atoms with Crippen LogP contribution in [-0.2, 0) is 4.74 Å². The molecule has 0 saturated carbocycles. The number of aliphatic hydroxyl groups excluding tert-OH is 3. The molecule has 1 saturated heterocycles. The monoisotopic (exact) mass is 379 g/mol. The van der Waals surface area contributed by atoms with E-state index in [1.165, 1.54) is 4.57 Å². The second-order valence-corrected chi connectivity index (χ2v) is 5.58. The van der Waals surface area contributed by atoms with Crippen LogP contribution < -0.4 is 5.73 Å². The average molecular weight is 381 g/mol. The van der Waals surface area contributed by atoms with E-state index in [1.54, 1.807) is 0 Å². The zero-order chi connectivity index (χ0) is 15.3. The molecule has 1 fully saturated rings. The molecule has 114 valence electrons. The molecule has 2 unspecified atom stereocenters. The molecule has 21 heavy (non-hydrogen) atoms. The van der Waals surface area contributed by atoms with E-state index in [9.17, 15) is 10.2 Å². The van der Waals surface area contributed by atoms with Crippen LogP contribution in [0, 0.1) is 0 Å². The van der Waals surface area contributed by atoms with Gasteiger partial charge in [0.15, 0.2) is 27.9 Å². The van der Waals surface area contributed by atoms with Crippen molar-refractivity contribution in [3.8, 4) is 0 Å². The molecule has 5 N–H and O–H groups in total. The largest absolute Gasteiger partial charge is 0.394 e. The number of nitrogens with zero attached hydrogens (tertiary/aromatic N) is 4. The summed E-state index contributed by atoms with van der Waals surface area (Å²) < 4.78 is 7.11. The Kier molecular flexibility index (Phi) is 3.76. The number of imidazole rings is 1. The Balaban J connectivity index is 2.15. The van der Waals surface area contributed by atoms with Gasteiger partial charge in [-0.2, -0.15) is 9.97 Å². The second-order valence-electron chi connectivity index (χ2n) is 4.53. The third kappa shape index (κ3) is 2.28. The minimum Gasteiger partial charge on any atom is -0.394 e. The third-order valence-corrected chi connectivity index (χ3v) is 4.00. The minimum absolute atomic E-state index is 0.0798. The van der Waals surface area contributed by atoms with Gasteiger partial charge in [-0.05, 0) is 27.5 Å². The lowest BCUT2D eigenvalue weighted by atomic mass is 10.1. The number of halogens is 2. The van der Waals surface area contributed by atoms with E-state index in [-0.39, 0.29) is 27.0 Å². The standard InChI is InChI=1S/C10H11BrClN5O4/c11-9-14-3-6(13)15-10(12)16-7(3)17(9)8-5(20)4(19)2(1-18)21-8/h2,4-5,8,18-20H,1H2,(H2,13,15,16)/t2-,4?,5?,8-/m1/s1. The van der Waals surface area contributed by atoms with Gasteiger partial charge >= 0.3 is 0 Å². The number of aliphatic hydroxyl groups is 3. The highest BCUT2D eigenvalue weighted by Crippen LogP contribution is 2.35. The molecule has 0 aliphatic carbocycles. The highest BCUT2D eigenvalue weighted by molar-refractivity contribution is 9.10. The van der Waals surface area contributed by atoms with Crippen molar-refractivity contribution in [2.45, 2.75) is 24.5 Å². The first-order valence-corrected chi connectivity index (χ1v) is 7.10. The van der Waals surface area contributed by atoms with Gasteiger partial charge in [-0.25, -0.2) is 4.98 Å². The SMILES string of the molecule is Nc1nc(Cl)nc2c1nc(Br)n2[C@@H]1O[C@H](CO)C(O)C1O. The summed E-state index contributed by atoms with van der Waals surface area (Å²) in [6.45, 7) is -0.434. The number of rotatable bonds is 2. The molecule has 2 aromatic rings. The van der Waals surface area contributed by atoms with Gasteiger partial charge in [-0.15, -0.1) is 0 Å². The van der Waals surface area contributed by atoms with E-state index < -0.39 is 31.1 Å². The molecule has 2 aromatic heterocycles. The Morgan fingerprint density at radius 1 is 1.29 bits per heavy atom. The number of nitrogens with two attached hydrogens (primary N) is 1. The third-order valence-electron chi connectivity index (χ3n) is 3.27. The van der Waals surface area contributed by atoms with Gasteiger partial charge in [0, 0.05) is 0 Å². The van der Waals surface area contributed by atoms with Crippen LogP contribution in [0.2, 0.25) is 5.28 Å². The highest BCUT2D eigenvalue weighted by Gasteiger charge is 2.44. The second kappa shape index (κ2) is 5.30. The zero-order valence-corrected chi connectivity index (χ0v) is 12.7. The van der Waals surface area contributed by atoms with Gasteiger partial charge < -0.3 is 25.8 Å². The predicted octanol–water partition coefficient (Wildman–Crippen LogP) is -0.564. The lowest BCUT2D eigenvalue weighted by molar-refractivity contribution is -0.0521. The molecule has 1 aliphatic rings. The number of anilines is 1. The molecule has 0 radical (unpaired) electrons. The maximum atomic E-state index is 10.1. The minimum atomic E-state index is -1.27. The Morgan fingerprint density at radius 2 is 2.00 bits per heavy atom. The summed E-state index contributed by atoms with van der Waals surface area (Å²) in [5, 5.41) is 29.0. The first-order chi connectivity index (χ1) is 9.93. The molecule has 3 rings (SSSR count). The Bertz CT molecular complexity index is 698. The van der Waals surface area contributed by atoms with Crippen molar-refractivity contribution < 1.29 is 20.1 Å². The van der Waals surface area contributed by atoms with Gasteiger partial charge in [-0.1, -0.05) is 0 Å². The van der Waals surface area contributed by atoms with Crippen LogP contribution in [0.5, 0.6) is 0 Å². The van der Waals surface area contributed by atoms with Crippen molar-refractivity contribution in [1.82, 2.24) is 19.5 Å². The molecule has 0 amide bonds. The van der Waals surface area contributed by atoms with Crippen molar-refractivity contribution in [2.75, 3.05) is 12.3 Å². The fourth-order valence-corrected chi connectivity index (χ4v) is 2.98. The number of ether oxygens (including phenoxy) is 1. The summed E-state index contributed by atoms with van der Waals surface area (Å²) in [5.74, 6) is 0.0798. The predicted molar refractivity (Wildman–Crippen MR) is 75.5 cm³/mol. The molecule has 9 nitrogen and oxygen atoms in total. The zero-order valence-electron chi connectivity index (χ0n) is 10.4. The maximum Gasteiger partial charge on any atom is 0.226 e. The molecule has 3 heterocycles.